The number of hydrogen-bond acceptors (Lipinski definition) is 3. The molecule has 0 bridgehead atoms. The number of aliphatic hydroxyl groups excluding tert-OH is 1. The molecule has 0 spiro atoms. The highest BCUT2D eigenvalue weighted by atomic mass is 79.9. The molecule has 0 saturated heterocycles. The molecule has 1 unspecified atom stereocenters. The van der Waals surface area contributed by atoms with Crippen LogP contribution in [0.2, 0.25) is 0 Å². The van der Waals surface area contributed by atoms with E-state index in [-0.39, 0.29) is 0 Å². The maximum atomic E-state index is 10.2. The fraction of sp³-hybridized carbons (Fsp3) is 0.273. The zero-order valence-corrected chi connectivity index (χ0v) is 11.7. The SMILES string of the molecule is Cc1ccc(C(O)c2sc(C)cc2Br)s1. The summed E-state index contributed by atoms with van der Waals surface area (Å²) in [4.78, 5) is 4.45. The quantitative estimate of drug-likeness (QED) is 0.878. The molecule has 0 saturated carbocycles. The van der Waals surface area contributed by atoms with Crippen molar-refractivity contribution in [2.45, 2.75) is 20.0 Å². The molecule has 2 rings (SSSR count). The topological polar surface area (TPSA) is 20.2 Å². The Balaban J connectivity index is 2.35. The molecule has 1 atom stereocenters. The Hall–Kier alpha value is -0.160. The van der Waals surface area contributed by atoms with Crippen molar-refractivity contribution in [1.82, 2.24) is 0 Å². The van der Waals surface area contributed by atoms with Crippen LogP contribution >= 0.6 is 38.6 Å². The number of hydrogen-bond donors (Lipinski definition) is 1. The molecule has 0 amide bonds. The molecule has 0 radical (unpaired) electrons. The predicted octanol–water partition coefficient (Wildman–Crippen LogP) is 4.27. The van der Waals surface area contributed by atoms with E-state index >= 15 is 0 Å². The van der Waals surface area contributed by atoms with Crippen molar-refractivity contribution in [2.75, 3.05) is 0 Å². The van der Waals surface area contributed by atoms with Gasteiger partial charge in [-0.05, 0) is 48.0 Å². The lowest BCUT2D eigenvalue weighted by molar-refractivity contribution is 0.227. The number of rotatable bonds is 2. The highest BCUT2D eigenvalue weighted by Gasteiger charge is 2.17. The molecule has 0 aliphatic carbocycles. The van der Waals surface area contributed by atoms with Gasteiger partial charge < -0.3 is 5.11 Å². The van der Waals surface area contributed by atoms with Gasteiger partial charge in [0.05, 0.1) is 4.88 Å². The van der Waals surface area contributed by atoms with Gasteiger partial charge >= 0.3 is 0 Å². The zero-order chi connectivity index (χ0) is 11.0. The monoisotopic (exact) mass is 302 g/mol. The van der Waals surface area contributed by atoms with Crippen molar-refractivity contribution in [3.8, 4) is 0 Å². The van der Waals surface area contributed by atoms with Gasteiger partial charge in [0.25, 0.3) is 0 Å². The summed E-state index contributed by atoms with van der Waals surface area (Å²) in [5.74, 6) is 0. The minimum atomic E-state index is -0.489. The Morgan fingerprint density at radius 2 is 1.93 bits per heavy atom. The molecule has 15 heavy (non-hydrogen) atoms. The molecule has 4 heteroatoms. The van der Waals surface area contributed by atoms with Crippen LogP contribution in [-0.4, -0.2) is 5.11 Å². The Morgan fingerprint density at radius 3 is 2.40 bits per heavy atom. The highest BCUT2D eigenvalue weighted by Crippen LogP contribution is 2.37. The molecular formula is C11H11BrOS2. The first-order valence-corrected chi connectivity index (χ1v) is 7.01. The molecule has 0 aliphatic heterocycles. The van der Waals surface area contributed by atoms with Crippen molar-refractivity contribution < 1.29 is 5.11 Å². The second-order valence-corrected chi connectivity index (χ2v) is 6.88. The summed E-state index contributed by atoms with van der Waals surface area (Å²) in [5.41, 5.74) is 0. The number of aryl methyl sites for hydroxylation is 2. The molecule has 1 nitrogen and oxygen atoms in total. The molecule has 80 valence electrons. The smallest absolute Gasteiger partial charge is 0.123 e. The van der Waals surface area contributed by atoms with Gasteiger partial charge in [0.1, 0.15) is 6.10 Å². The standard InChI is InChI=1S/C11H11BrOS2/c1-6-3-4-9(14-6)10(13)11-8(12)5-7(2)15-11/h3-5,10,13H,1-2H3. The fourth-order valence-corrected chi connectivity index (χ4v) is 4.24. The zero-order valence-electron chi connectivity index (χ0n) is 8.45. The number of aliphatic hydroxyl groups is 1. The van der Waals surface area contributed by atoms with E-state index in [4.69, 9.17) is 0 Å². The molecule has 2 heterocycles. The Morgan fingerprint density at radius 1 is 1.20 bits per heavy atom. The third-order valence-corrected chi connectivity index (χ3v) is 5.19. The predicted molar refractivity (Wildman–Crippen MR) is 69.9 cm³/mol. The van der Waals surface area contributed by atoms with E-state index < -0.39 is 6.10 Å². The van der Waals surface area contributed by atoms with Gasteiger partial charge in [0.2, 0.25) is 0 Å². The highest BCUT2D eigenvalue weighted by molar-refractivity contribution is 9.10. The van der Waals surface area contributed by atoms with Gasteiger partial charge in [0.15, 0.2) is 0 Å². The maximum Gasteiger partial charge on any atom is 0.123 e. The van der Waals surface area contributed by atoms with Gasteiger partial charge in [-0.1, -0.05) is 0 Å². The Kier molecular flexibility index (Phi) is 3.30. The first kappa shape index (κ1) is 11.3. The van der Waals surface area contributed by atoms with Crippen LogP contribution in [0, 0.1) is 13.8 Å². The second kappa shape index (κ2) is 4.37. The minimum Gasteiger partial charge on any atom is -0.382 e. The number of halogens is 1. The first-order valence-electron chi connectivity index (χ1n) is 4.58. The van der Waals surface area contributed by atoms with Crippen LogP contribution in [0.5, 0.6) is 0 Å². The molecule has 0 aliphatic rings. The van der Waals surface area contributed by atoms with Gasteiger partial charge in [-0.2, -0.15) is 0 Å². The largest absolute Gasteiger partial charge is 0.382 e. The molecular weight excluding hydrogens is 292 g/mol. The summed E-state index contributed by atoms with van der Waals surface area (Å²) in [6, 6.07) is 6.08. The summed E-state index contributed by atoms with van der Waals surface area (Å²) in [7, 11) is 0. The van der Waals surface area contributed by atoms with Crippen molar-refractivity contribution in [1.29, 1.82) is 0 Å². The van der Waals surface area contributed by atoms with Gasteiger partial charge in [-0.25, -0.2) is 0 Å². The van der Waals surface area contributed by atoms with Crippen molar-refractivity contribution in [3.05, 3.63) is 42.2 Å². The van der Waals surface area contributed by atoms with Crippen LogP contribution in [0.25, 0.3) is 0 Å². The lowest BCUT2D eigenvalue weighted by Gasteiger charge is -2.06. The summed E-state index contributed by atoms with van der Waals surface area (Å²) < 4.78 is 1.00. The summed E-state index contributed by atoms with van der Waals surface area (Å²) in [5, 5.41) is 10.2. The molecule has 1 N–H and O–H groups in total. The summed E-state index contributed by atoms with van der Waals surface area (Å²) in [6.07, 6.45) is -0.489. The van der Waals surface area contributed by atoms with E-state index in [0.717, 1.165) is 14.2 Å². The Labute approximate surface area is 106 Å². The maximum absolute atomic E-state index is 10.2. The van der Waals surface area contributed by atoms with Crippen LogP contribution in [0.15, 0.2) is 22.7 Å². The average molecular weight is 303 g/mol. The lowest BCUT2D eigenvalue weighted by Crippen LogP contribution is -1.93. The summed E-state index contributed by atoms with van der Waals surface area (Å²) >= 11 is 6.76. The van der Waals surface area contributed by atoms with E-state index in [1.54, 1.807) is 22.7 Å². The molecule has 2 aromatic rings. The second-order valence-electron chi connectivity index (χ2n) is 3.42. The summed E-state index contributed by atoms with van der Waals surface area (Å²) in [6.45, 7) is 4.10. The van der Waals surface area contributed by atoms with E-state index in [2.05, 4.69) is 22.9 Å². The van der Waals surface area contributed by atoms with E-state index in [0.29, 0.717) is 0 Å². The third-order valence-electron chi connectivity index (χ3n) is 2.12. The molecule has 0 aromatic carbocycles. The van der Waals surface area contributed by atoms with Gasteiger partial charge in [-0.3, -0.25) is 0 Å². The van der Waals surface area contributed by atoms with E-state index in [1.165, 1.54) is 9.75 Å². The van der Waals surface area contributed by atoms with Crippen LogP contribution in [0.4, 0.5) is 0 Å². The molecule has 2 aromatic heterocycles. The van der Waals surface area contributed by atoms with E-state index in [1.807, 2.05) is 25.1 Å². The van der Waals surface area contributed by atoms with Crippen LogP contribution in [0.3, 0.4) is 0 Å². The van der Waals surface area contributed by atoms with Crippen molar-refractivity contribution >= 4 is 38.6 Å². The van der Waals surface area contributed by atoms with Crippen LogP contribution in [0.1, 0.15) is 25.6 Å². The van der Waals surface area contributed by atoms with E-state index in [9.17, 15) is 5.11 Å². The van der Waals surface area contributed by atoms with Crippen LogP contribution < -0.4 is 0 Å². The van der Waals surface area contributed by atoms with Crippen LogP contribution in [-0.2, 0) is 0 Å². The fourth-order valence-electron chi connectivity index (χ4n) is 1.42. The van der Waals surface area contributed by atoms with Gasteiger partial charge in [0, 0.05) is 19.1 Å². The molecule has 0 fully saturated rings. The number of thiophene rings is 2. The lowest BCUT2D eigenvalue weighted by atomic mass is 10.2. The Bertz CT molecular complexity index is 473. The van der Waals surface area contributed by atoms with Crippen molar-refractivity contribution in [3.63, 3.8) is 0 Å². The average Bonchev–Trinajstić information content (AvgIpc) is 2.71. The van der Waals surface area contributed by atoms with Gasteiger partial charge in [-0.15, -0.1) is 22.7 Å². The van der Waals surface area contributed by atoms with Crippen molar-refractivity contribution in [2.24, 2.45) is 0 Å². The minimum absolute atomic E-state index is 0.489. The first-order chi connectivity index (χ1) is 7.08. The normalized spacial score (nSPS) is 13.1. The third kappa shape index (κ3) is 2.33.